The Balaban J connectivity index is 1.89. The molecule has 2 aromatic heterocycles. The highest BCUT2D eigenvalue weighted by atomic mass is 16.5. The van der Waals surface area contributed by atoms with Crippen LogP contribution in [0, 0.1) is 0 Å². The number of ether oxygens (including phenoxy) is 1. The summed E-state index contributed by atoms with van der Waals surface area (Å²) in [6.07, 6.45) is 1.71. The zero-order valence-electron chi connectivity index (χ0n) is 13.0. The number of para-hydroxylation sites is 1. The number of benzene rings is 2. The standard InChI is InChI=1S/C18H15N5O/c1-24-14-9-7-12(8-10-14)17-21-16(19)15-18(22-17)23(11-20-15)13-5-3-2-4-6-13/h2-11H,1H3,(H2,19,21,22). The van der Waals surface area contributed by atoms with Crippen LogP contribution in [-0.2, 0) is 0 Å². The van der Waals surface area contributed by atoms with Crippen LogP contribution >= 0.6 is 0 Å². The molecule has 24 heavy (non-hydrogen) atoms. The van der Waals surface area contributed by atoms with Crippen molar-refractivity contribution in [3.63, 3.8) is 0 Å². The van der Waals surface area contributed by atoms with Gasteiger partial charge in [0, 0.05) is 11.3 Å². The topological polar surface area (TPSA) is 78.9 Å². The molecule has 0 fully saturated rings. The van der Waals surface area contributed by atoms with Gasteiger partial charge in [0.15, 0.2) is 22.8 Å². The third-order valence-electron chi connectivity index (χ3n) is 3.81. The normalized spacial score (nSPS) is 10.9. The van der Waals surface area contributed by atoms with Crippen LogP contribution in [-0.4, -0.2) is 26.6 Å². The second kappa shape index (κ2) is 5.66. The molecule has 0 radical (unpaired) electrons. The average molecular weight is 317 g/mol. The van der Waals surface area contributed by atoms with E-state index in [9.17, 15) is 0 Å². The number of fused-ring (bicyclic) bond motifs is 1. The van der Waals surface area contributed by atoms with Gasteiger partial charge in [-0.05, 0) is 36.4 Å². The van der Waals surface area contributed by atoms with Crippen LogP contribution in [0.5, 0.6) is 5.75 Å². The van der Waals surface area contributed by atoms with Crippen LogP contribution < -0.4 is 10.5 Å². The molecule has 2 heterocycles. The van der Waals surface area contributed by atoms with Gasteiger partial charge in [-0.15, -0.1) is 0 Å². The lowest BCUT2D eigenvalue weighted by Crippen LogP contribution is -2.00. The Morgan fingerprint density at radius 1 is 0.958 bits per heavy atom. The smallest absolute Gasteiger partial charge is 0.170 e. The van der Waals surface area contributed by atoms with E-state index < -0.39 is 0 Å². The molecule has 4 aromatic rings. The monoisotopic (exact) mass is 317 g/mol. The molecule has 0 atom stereocenters. The van der Waals surface area contributed by atoms with E-state index in [1.165, 1.54) is 0 Å². The molecule has 2 aromatic carbocycles. The number of imidazole rings is 1. The fraction of sp³-hybridized carbons (Fsp3) is 0.0556. The van der Waals surface area contributed by atoms with Crippen molar-refractivity contribution in [2.75, 3.05) is 12.8 Å². The fourth-order valence-electron chi connectivity index (χ4n) is 2.57. The van der Waals surface area contributed by atoms with Gasteiger partial charge in [0.2, 0.25) is 0 Å². The quantitative estimate of drug-likeness (QED) is 0.628. The lowest BCUT2D eigenvalue weighted by Gasteiger charge is -2.06. The predicted molar refractivity (Wildman–Crippen MR) is 93.1 cm³/mol. The van der Waals surface area contributed by atoms with Crippen LogP contribution in [0.3, 0.4) is 0 Å². The molecule has 2 N–H and O–H groups in total. The minimum absolute atomic E-state index is 0.362. The maximum absolute atomic E-state index is 6.09. The first-order chi connectivity index (χ1) is 11.8. The summed E-state index contributed by atoms with van der Waals surface area (Å²) < 4.78 is 7.09. The first-order valence-corrected chi connectivity index (χ1v) is 7.46. The number of anilines is 1. The number of rotatable bonds is 3. The molecule has 0 amide bonds. The van der Waals surface area contributed by atoms with E-state index >= 15 is 0 Å². The van der Waals surface area contributed by atoms with E-state index in [0.29, 0.717) is 22.8 Å². The van der Waals surface area contributed by atoms with E-state index in [-0.39, 0.29) is 0 Å². The molecule has 0 aliphatic carbocycles. The Labute approximate surface area is 138 Å². The van der Waals surface area contributed by atoms with Crippen LogP contribution in [0.1, 0.15) is 0 Å². The molecule has 0 unspecified atom stereocenters. The Morgan fingerprint density at radius 2 is 1.71 bits per heavy atom. The van der Waals surface area contributed by atoms with Crippen LogP contribution in [0.4, 0.5) is 5.82 Å². The minimum Gasteiger partial charge on any atom is -0.497 e. The summed E-state index contributed by atoms with van der Waals surface area (Å²) in [4.78, 5) is 13.4. The molecule has 0 spiro atoms. The summed E-state index contributed by atoms with van der Waals surface area (Å²) in [7, 11) is 1.63. The largest absolute Gasteiger partial charge is 0.497 e. The van der Waals surface area contributed by atoms with E-state index in [1.54, 1.807) is 13.4 Å². The lowest BCUT2D eigenvalue weighted by molar-refractivity contribution is 0.415. The number of methoxy groups -OCH3 is 1. The van der Waals surface area contributed by atoms with Crippen LogP contribution in [0.2, 0.25) is 0 Å². The summed E-state index contributed by atoms with van der Waals surface area (Å²) >= 11 is 0. The third kappa shape index (κ3) is 2.34. The fourth-order valence-corrected chi connectivity index (χ4v) is 2.57. The molecule has 0 saturated carbocycles. The van der Waals surface area contributed by atoms with Gasteiger partial charge >= 0.3 is 0 Å². The maximum Gasteiger partial charge on any atom is 0.170 e. The van der Waals surface area contributed by atoms with Gasteiger partial charge in [-0.25, -0.2) is 15.0 Å². The second-order valence-electron chi connectivity index (χ2n) is 5.28. The van der Waals surface area contributed by atoms with E-state index in [1.807, 2.05) is 59.2 Å². The molecule has 4 rings (SSSR count). The zero-order chi connectivity index (χ0) is 16.5. The number of aromatic nitrogens is 4. The van der Waals surface area contributed by atoms with E-state index in [0.717, 1.165) is 17.0 Å². The highest BCUT2D eigenvalue weighted by Crippen LogP contribution is 2.25. The number of nitrogens with zero attached hydrogens (tertiary/aromatic N) is 4. The molecule has 118 valence electrons. The van der Waals surface area contributed by atoms with Gasteiger partial charge < -0.3 is 10.5 Å². The predicted octanol–water partition coefficient (Wildman–Crippen LogP) is 3.07. The van der Waals surface area contributed by atoms with Crippen molar-refractivity contribution < 1.29 is 4.74 Å². The maximum atomic E-state index is 6.09. The Bertz CT molecular complexity index is 993. The van der Waals surface area contributed by atoms with Gasteiger partial charge in [0.1, 0.15) is 12.1 Å². The van der Waals surface area contributed by atoms with Crippen molar-refractivity contribution in [3.8, 4) is 22.8 Å². The van der Waals surface area contributed by atoms with Crippen molar-refractivity contribution >= 4 is 17.0 Å². The van der Waals surface area contributed by atoms with Crippen molar-refractivity contribution in [1.29, 1.82) is 0 Å². The average Bonchev–Trinajstić information content (AvgIpc) is 3.07. The molecular formula is C18H15N5O. The molecule has 0 saturated heterocycles. The lowest BCUT2D eigenvalue weighted by atomic mass is 10.2. The third-order valence-corrected chi connectivity index (χ3v) is 3.81. The number of hydrogen-bond donors (Lipinski definition) is 1. The second-order valence-corrected chi connectivity index (χ2v) is 5.28. The summed E-state index contributed by atoms with van der Waals surface area (Å²) in [5, 5.41) is 0. The van der Waals surface area contributed by atoms with Crippen molar-refractivity contribution in [3.05, 3.63) is 60.9 Å². The summed E-state index contributed by atoms with van der Waals surface area (Å²) in [5.41, 5.74) is 9.20. The first kappa shape index (κ1) is 14.2. The SMILES string of the molecule is COc1ccc(-c2nc(N)c3ncn(-c4ccccc4)c3n2)cc1. The Kier molecular flexibility index (Phi) is 3.35. The molecule has 6 nitrogen and oxygen atoms in total. The molecule has 6 heteroatoms. The first-order valence-electron chi connectivity index (χ1n) is 7.46. The summed E-state index contributed by atoms with van der Waals surface area (Å²) in [6, 6.07) is 17.4. The number of hydrogen-bond acceptors (Lipinski definition) is 5. The number of nitrogens with two attached hydrogens (primary N) is 1. The highest BCUT2D eigenvalue weighted by Gasteiger charge is 2.13. The zero-order valence-corrected chi connectivity index (χ0v) is 13.0. The van der Waals surface area contributed by atoms with Crippen molar-refractivity contribution in [2.45, 2.75) is 0 Å². The number of nitrogen functional groups attached to an aromatic ring is 1. The van der Waals surface area contributed by atoms with Gasteiger partial charge in [-0.2, -0.15) is 0 Å². The van der Waals surface area contributed by atoms with Gasteiger partial charge in [-0.1, -0.05) is 18.2 Å². The van der Waals surface area contributed by atoms with Crippen LogP contribution in [0.25, 0.3) is 28.2 Å². The van der Waals surface area contributed by atoms with Crippen molar-refractivity contribution in [2.24, 2.45) is 0 Å². The van der Waals surface area contributed by atoms with Crippen LogP contribution in [0.15, 0.2) is 60.9 Å². The molecule has 0 bridgehead atoms. The highest BCUT2D eigenvalue weighted by molar-refractivity contribution is 5.85. The molecule has 0 aliphatic rings. The van der Waals surface area contributed by atoms with Gasteiger partial charge in [0.05, 0.1) is 7.11 Å². The summed E-state index contributed by atoms with van der Waals surface area (Å²) in [6.45, 7) is 0. The Hall–Kier alpha value is -3.41. The van der Waals surface area contributed by atoms with Gasteiger partial charge in [0.25, 0.3) is 0 Å². The van der Waals surface area contributed by atoms with E-state index in [2.05, 4.69) is 15.0 Å². The van der Waals surface area contributed by atoms with Crippen molar-refractivity contribution in [1.82, 2.24) is 19.5 Å². The van der Waals surface area contributed by atoms with Gasteiger partial charge in [-0.3, -0.25) is 4.57 Å². The summed E-state index contributed by atoms with van der Waals surface area (Å²) in [5.74, 6) is 1.70. The Morgan fingerprint density at radius 3 is 2.42 bits per heavy atom. The minimum atomic E-state index is 0.362. The molecular weight excluding hydrogens is 302 g/mol. The van der Waals surface area contributed by atoms with E-state index in [4.69, 9.17) is 10.5 Å². The molecule has 0 aliphatic heterocycles.